The SMILES string of the molecule is O=C(O)C(=O)O.c1ccc(CCN(Cc2ccccc2)C2CCN(Cc3ccccn3)CC2)cc1. The normalized spacial score (nSPS) is 14.2. The van der Waals surface area contributed by atoms with E-state index in [4.69, 9.17) is 19.8 Å². The molecular weight excluding hydrogens is 442 g/mol. The number of hydrogen-bond acceptors (Lipinski definition) is 5. The largest absolute Gasteiger partial charge is 0.473 e. The van der Waals surface area contributed by atoms with Crippen LogP contribution in [-0.2, 0) is 29.1 Å². The first-order chi connectivity index (χ1) is 17.0. The summed E-state index contributed by atoms with van der Waals surface area (Å²) in [5.74, 6) is -3.65. The third kappa shape index (κ3) is 9.31. The summed E-state index contributed by atoms with van der Waals surface area (Å²) in [4.78, 5) is 28.0. The first-order valence-electron chi connectivity index (χ1n) is 11.9. The molecular formula is C28H33N3O4. The van der Waals surface area contributed by atoms with Crippen LogP contribution in [-0.4, -0.2) is 62.6 Å². The number of aliphatic carboxylic acids is 2. The van der Waals surface area contributed by atoms with Crippen LogP contribution in [0.15, 0.2) is 85.1 Å². The zero-order valence-corrected chi connectivity index (χ0v) is 19.9. The van der Waals surface area contributed by atoms with Gasteiger partial charge in [0.2, 0.25) is 0 Å². The minimum atomic E-state index is -1.82. The summed E-state index contributed by atoms with van der Waals surface area (Å²) in [5.41, 5.74) is 4.02. The second-order valence-corrected chi connectivity index (χ2v) is 8.63. The van der Waals surface area contributed by atoms with Gasteiger partial charge in [-0.2, -0.15) is 0 Å². The van der Waals surface area contributed by atoms with E-state index in [0.717, 1.165) is 39.1 Å². The van der Waals surface area contributed by atoms with Crippen molar-refractivity contribution in [2.45, 2.75) is 38.4 Å². The number of carbonyl (C=O) groups is 2. The summed E-state index contributed by atoms with van der Waals surface area (Å²) >= 11 is 0. The van der Waals surface area contributed by atoms with Gasteiger partial charge in [0.1, 0.15) is 0 Å². The molecule has 1 saturated heterocycles. The van der Waals surface area contributed by atoms with Crippen LogP contribution in [0.1, 0.15) is 29.7 Å². The summed E-state index contributed by atoms with van der Waals surface area (Å²) in [6.07, 6.45) is 5.47. The van der Waals surface area contributed by atoms with E-state index in [0.29, 0.717) is 6.04 Å². The maximum absolute atomic E-state index is 9.10. The smallest absolute Gasteiger partial charge is 0.414 e. The number of piperidine rings is 1. The number of carboxylic acid groups (broad SMARTS) is 2. The molecule has 0 amide bonds. The Bertz CT molecular complexity index is 1010. The molecule has 0 spiro atoms. The quantitative estimate of drug-likeness (QED) is 0.477. The minimum absolute atomic E-state index is 0.652. The van der Waals surface area contributed by atoms with Gasteiger partial charge in [0.15, 0.2) is 0 Å². The molecule has 7 heteroatoms. The number of aromatic nitrogens is 1. The molecule has 2 heterocycles. The van der Waals surface area contributed by atoms with E-state index in [9.17, 15) is 0 Å². The van der Waals surface area contributed by atoms with E-state index in [1.54, 1.807) is 0 Å². The van der Waals surface area contributed by atoms with E-state index < -0.39 is 11.9 Å². The van der Waals surface area contributed by atoms with Crippen molar-refractivity contribution < 1.29 is 19.8 Å². The van der Waals surface area contributed by atoms with Crippen LogP contribution in [0.3, 0.4) is 0 Å². The number of likely N-dealkylation sites (tertiary alicyclic amines) is 1. The maximum atomic E-state index is 9.10. The molecule has 2 N–H and O–H groups in total. The Hall–Kier alpha value is -3.55. The molecule has 2 aromatic carbocycles. The highest BCUT2D eigenvalue weighted by molar-refractivity contribution is 6.27. The summed E-state index contributed by atoms with van der Waals surface area (Å²) in [6, 6.07) is 28.7. The van der Waals surface area contributed by atoms with E-state index in [1.165, 1.54) is 29.7 Å². The highest BCUT2D eigenvalue weighted by atomic mass is 16.4. The van der Waals surface area contributed by atoms with Gasteiger partial charge in [-0.15, -0.1) is 0 Å². The number of benzene rings is 2. The monoisotopic (exact) mass is 475 g/mol. The summed E-state index contributed by atoms with van der Waals surface area (Å²) in [6.45, 7) is 5.42. The summed E-state index contributed by atoms with van der Waals surface area (Å²) in [7, 11) is 0. The van der Waals surface area contributed by atoms with Crippen molar-refractivity contribution in [3.8, 4) is 0 Å². The molecule has 0 saturated carbocycles. The average Bonchev–Trinajstić information content (AvgIpc) is 2.89. The Morgan fingerprint density at radius 1 is 0.829 bits per heavy atom. The molecule has 0 aliphatic carbocycles. The third-order valence-corrected chi connectivity index (χ3v) is 6.13. The van der Waals surface area contributed by atoms with Crippen LogP contribution >= 0.6 is 0 Å². The summed E-state index contributed by atoms with van der Waals surface area (Å²) in [5, 5.41) is 14.8. The van der Waals surface area contributed by atoms with Crippen LogP contribution < -0.4 is 0 Å². The van der Waals surface area contributed by atoms with Gasteiger partial charge >= 0.3 is 11.9 Å². The molecule has 35 heavy (non-hydrogen) atoms. The zero-order chi connectivity index (χ0) is 24.9. The van der Waals surface area contributed by atoms with Crippen LogP contribution in [0.25, 0.3) is 0 Å². The predicted octanol–water partition coefficient (Wildman–Crippen LogP) is 3.95. The van der Waals surface area contributed by atoms with Crippen LogP contribution in [0.4, 0.5) is 0 Å². The number of pyridine rings is 1. The molecule has 3 aromatic rings. The van der Waals surface area contributed by atoms with Crippen molar-refractivity contribution in [3.05, 3.63) is 102 Å². The number of carboxylic acids is 2. The lowest BCUT2D eigenvalue weighted by Crippen LogP contribution is -2.45. The molecule has 0 radical (unpaired) electrons. The summed E-state index contributed by atoms with van der Waals surface area (Å²) < 4.78 is 0. The molecule has 0 unspecified atom stereocenters. The van der Waals surface area contributed by atoms with E-state index in [1.807, 2.05) is 12.3 Å². The Morgan fingerprint density at radius 3 is 1.94 bits per heavy atom. The minimum Gasteiger partial charge on any atom is -0.473 e. The highest BCUT2D eigenvalue weighted by Gasteiger charge is 2.24. The third-order valence-electron chi connectivity index (χ3n) is 6.13. The molecule has 0 bridgehead atoms. The fourth-order valence-corrected chi connectivity index (χ4v) is 4.29. The van der Waals surface area contributed by atoms with Gasteiger partial charge in [-0.25, -0.2) is 9.59 Å². The van der Waals surface area contributed by atoms with Crippen molar-refractivity contribution in [2.24, 2.45) is 0 Å². The molecule has 1 fully saturated rings. The first kappa shape index (κ1) is 26.1. The van der Waals surface area contributed by atoms with Crippen molar-refractivity contribution in [3.63, 3.8) is 0 Å². The van der Waals surface area contributed by atoms with Crippen molar-refractivity contribution in [1.29, 1.82) is 0 Å². The molecule has 7 nitrogen and oxygen atoms in total. The Labute approximate surface area is 206 Å². The molecule has 4 rings (SSSR count). The van der Waals surface area contributed by atoms with E-state index >= 15 is 0 Å². The van der Waals surface area contributed by atoms with E-state index in [2.05, 4.69) is 87.6 Å². The van der Waals surface area contributed by atoms with Crippen molar-refractivity contribution in [2.75, 3.05) is 19.6 Å². The molecule has 1 aliphatic heterocycles. The number of nitrogens with zero attached hydrogens (tertiary/aromatic N) is 3. The standard InChI is InChI=1S/C26H31N3.C2H2O4/c1-3-9-23(10-4-1)14-20-29(21-24-11-5-2-6-12-24)26-15-18-28(19-16-26)22-25-13-7-8-17-27-25;3-1(4)2(5)6/h1-13,17,26H,14-16,18-22H2;(H,3,4)(H,5,6). The highest BCUT2D eigenvalue weighted by Crippen LogP contribution is 2.21. The Kier molecular flexibility index (Phi) is 10.4. The van der Waals surface area contributed by atoms with E-state index in [-0.39, 0.29) is 0 Å². The first-order valence-corrected chi connectivity index (χ1v) is 11.9. The fraction of sp³-hybridized carbons (Fsp3) is 0.321. The fourth-order valence-electron chi connectivity index (χ4n) is 4.29. The van der Waals surface area contributed by atoms with Gasteiger partial charge in [-0.3, -0.25) is 14.8 Å². The van der Waals surface area contributed by atoms with Gasteiger partial charge in [-0.1, -0.05) is 66.7 Å². The van der Waals surface area contributed by atoms with Gasteiger partial charge in [0, 0.05) is 45.0 Å². The molecule has 184 valence electrons. The second-order valence-electron chi connectivity index (χ2n) is 8.63. The lowest BCUT2D eigenvalue weighted by atomic mass is 10.0. The molecule has 0 atom stereocenters. The van der Waals surface area contributed by atoms with Gasteiger partial charge in [0.05, 0.1) is 5.69 Å². The lowest BCUT2D eigenvalue weighted by molar-refractivity contribution is -0.159. The van der Waals surface area contributed by atoms with Crippen LogP contribution in [0.2, 0.25) is 0 Å². The van der Waals surface area contributed by atoms with Gasteiger partial charge in [-0.05, 0) is 42.5 Å². The Morgan fingerprint density at radius 2 is 1.40 bits per heavy atom. The predicted molar refractivity (Wildman–Crippen MR) is 135 cm³/mol. The molecule has 1 aromatic heterocycles. The second kappa shape index (κ2) is 14.0. The van der Waals surface area contributed by atoms with Gasteiger partial charge in [0.25, 0.3) is 0 Å². The van der Waals surface area contributed by atoms with Crippen LogP contribution in [0, 0.1) is 0 Å². The van der Waals surface area contributed by atoms with Crippen molar-refractivity contribution >= 4 is 11.9 Å². The van der Waals surface area contributed by atoms with Crippen molar-refractivity contribution in [1.82, 2.24) is 14.8 Å². The number of rotatable bonds is 8. The Balaban J connectivity index is 0.000000509. The average molecular weight is 476 g/mol. The molecule has 1 aliphatic rings. The topological polar surface area (TPSA) is 94.0 Å². The van der Waals surface area contributed by atoms with Gasteiger partial charge < -0.3 is 10.2 Å². The zero-order valence-electron chi connectivity index (χ0n) is 19.9. The lowest BCUT2D eigenvalue weighted by Gasteiger charge is -2.38. The maximum Gasteiger partial charge on any atom is 0.414 e. The van der Waals surface area contributed by atoms with Crippen LogP contribution in [0.5, 0.6) is 0 Å². The number of hydrogen-bond donors (Lipinski definition) is 2.